The number of aromatic nitrogens is 2. The van der Waals surface area contributed by atoms with Gasteiger partial charge >= 0.3 is 0 Å². The number of ether oxygens (including phenoxy) is 1. The summed E-state index contributed by atoms with van der Waals surface area (Å²) >= 11 is 1.15. The molecule has 0 fully saturated rings. The van der Waals surface area contributed by atoms with Gasteiger partial charge in [-0.25, -0.2) is 8.42 Å². The predicted octanol–water partition coefficient (Wildman–Crippen LogP) is 3.26. The quantitative estimate of drug-likeness (QED) is 0.740. The number of thiophene rings is 1. The minimum Gasteiger partial charge on any atom is -0.495 e. The van der Waals surface area contributed by atoms with E-state index >= 15 is 0 Å². The average molecular weight is 349 g/mol. The fourth-order valence-corrected chi connectivity index (χ4v) is 4.35. The molecule has 2 N–H and O–H groups in total. The molecule has 0 aliphatic rings. The van der Waals surface area contributed by atoms with Crippen molar-refractivity contribution in [3.05, 3.63) is 47.5 Å². The SMILES string of the molecule is COc1ccc(C)cc1NS(=O)(=O)c1cc(-c2ccn[nH]2)cs1. The first-order chi connectivity index (χ1) is 11.0. The van der Waals surface area contributed by atoms with Crippen LogP contribution in [0, 0.1) is 6.92 Å². The van der Waals surface area contributed by atoms with Crippen LogP contribution in [0.15, 0.2) is 46.1 Å². The molecule has 2 aromatic heterocycles. The number of aromatic amines is 1. The van der Waals surface area contributed by atoms with Crippen LogP contribution in [0.2, 0.25) is 0 Å². The van der Waals surface area contributed by atoms with E-state index in [9.17, 15) is 8.42 Å². The van der Waals surface area contributed by atoms with Gasteiger partial charge in [-0.2, -0.15) is 5.10 Å². The van der Waals surface area contributed by atoms with E-state index in [1.54, 1.807) is 35.8 Å². The highest BCUT2D eigenvalue weighted by molar-refractivity contribution is 7.94. The molecule has 0 amide bonds. The van der Waals surface area contributed by atoms with Crippen LogP contribution < -0.4 is 9.46 Å². The summed E-state index contributed by atoms with van der Waals surface area (Å²) < 4.78 is 33.2. The molecular weight excluding hydrogens is 334 g/mol. The molecule has 0 saturated carbocycles. The molecule has 120 valence electrons. The summed E-state index contributed by atoms with van der Waals surface area (Å²) in [5, 5.41) is 8.46. The van der Waals surface area contributed by atoms with Gasteiger partial charge in [-0.1, -0.05) is 6.07 Å². The zero-order valence-corrected chi connectivity index (χ0v) is 14.2. The van der Waals surface area contributed by atoms with Crippen LogP contribution in [-0.4, -0.2) is 25.7 Å². The van der Waals surface area contributed by atoms with Gasteiger partial charge in [0, 0.05) is 17.1 Å². The summed E-state index contributed by atoms with van der Waals surface area (Å²) in [6.45, 7) is 1.89. The number of sulfonamides is 1. The second-order valence-electron chi connectivity index (χ2n) is 4.93. The first-order valence-corrected chi connectivity index (χ1v) is 9.11. The number of benzene rings is 1. The van der Waals surface area contributed by atoms with Crippen LogP contribution >= 0.6 is 11.3 Å². The van der Waals surface area contributed by atoms with Gasteiger partial charge in [0.15, 0.2) is 0 Å². The molecule has 2 heterocycles. The van der Waals surface area contributed by atoms with Gasteiger partial charge in [-0.15, -0.1) is 11.3 Å². The van der Waals surface area contributed by atoms with Gasteiger partial charge in [0.2, 0.25) is 0 Å². The summed E-state index contributed by atoms with van der Waals surface area (Å²) in [7, 11) is -2.17. The molecule has 3 rings (SSSR count). The van der Waals surface area contributed by atoms with Crippen molar-refractivity contribution < 1.29 is 13.2 Å². The molecule has 8 heteroatoms. The third-order valence-electron chi connectivity index (χ3n) is 3.25. The van der Waals surface area contributed by atoms with Crippen molar-refractivity contribution in [3.8, 4) is 17.0 Å². The monoisotopic (exact) mass is 349 g/mol. The lowest BCUT2D eigenvalue weighted by atomic mass is 10.2. The van der Waals surface area contributed by atoms with Gasteiger partial charge < -0.3 is 4.74 Å². The molecule has 0 atom stereocenters. The lowest BCUT2D eigenvalue weighted by Crippen LogP contribution is -2.12. The molecule has 3 aromatic rings. The van der Waals surface area contributed by atoms with E-state index in [1.165, 1.54) is 7.11 Å². The average Bonchev–Trinajstić information content (AvgIpc) is 3.18. The first kappa shape index (κ1) is 15.6. The van der Waals surface area contributed by atoms with Crippen LogP contribution in [0.4, 0.5) is 5.69 Å². The number of nitrogens with zero attached hydrogens (tertiary/aromatic N) is 1. The third-order valence-corrected chi connectivity index (χ3v) is 6.06. The summed E-state index contributed by atoms with van der Waals surface area (Å²) in [5.74, 6) is 0.476. The summed E-state index contributed by atoms with van der Waals surface area (Å²) in [5.41, 5.74) is 2.91. The van der Waals surface area contributed by atoms with E-state index in [-0.39, 0.29) is 4.21 Å². The van der Waals surface area contributed by atoms with Crippen molar-refractivity contribution in [1.82, 2.24) is 10.2 Å². The highest BCUT2D eigenvalue weighted by Crippen LogP contribution is 2.31. The Bertz CT molecular complexity index is 915. The number of nitrogens with one attached hydrogen (secondary N) is 2. The molecule has 0 bridgehead atoms. The van der Waals surface area contributed by atoms with Crippen molar-refractivity contribution in [1.29, 1.82) is 0 Å². The minimum atomic E-state index is -3.68. The Hall–Kier alpha value is -2.32. The van der Waals surface area contributed by atoms with Crippen LogP contribution in [0.3, 0.4) is 0 Å². The fraction of sp³-hybridized carbons (Fsp3) is 0.133. The second kappa shape index (κ2) is 6.05. The van der Waals surface area contributed by atoms with Crippen molar-refractivity contribution in [3.63, 3.8) is 0 Å². The number of methoxy groups -OCH3 is 1. The summed E-state index contributed by atoms with van der Waals surface area (Å²) in [4.78, 5) is 0. The third kappa shape index (κ3) is 3.22. The van der Waals surface area contributed by atoms with Crippen molar-refractivity contribution >= 4 is 27.0 Å². The van der Waals surface area contributed by atoms with Crippen molar-refractivity contribution in [2.45, 2.75) is 11.1 Å². The molecule has 0 unspecified atom stereocenters. The topological polar surface area (TPSA) is 84.1 Å². The molecule has 23 heavy (non-hydrogen) atoms. The molecule has 0 aliphatic carbocycles. The first-order valence-electron chi connectivity index (χ1n) is 6.75. The summed E-state index contributed by atoms with van der Waals surface area (Å²) in [6, 6.07) is 8.73. The lowest BCUT2D eigenvalue weighted by molar-refractivity contribution is 0.417. The van der Waals surface area contributed by atoms with Gasteiger partial charge in [0.25, 0.3) is 10.0 Å². The maximum absolute atomic E-state index is 12.6. The molecule has 0 radical (unpaired) electrons. The molecule has 6 nitrogen and oxygen atoms in total. The van der Waals surface area contributed by atoms with E-state index < -0.39 is 10.0 Å². The Labute approximate surface area is 138 Å². The number of aryl methyl sites for hydroxylation is 1. The van der Waals surface area contributed by atoms with E-state index in [4.69, 9.17) is 4.74 Å². The number of rotatable bonds is 5. The van der Waals surface area contributed by atoms with Gasteiger partial charge in [-0.05, 0) is 36.8 Å². The van der Waals surface area contributed by atoms with Gasteiger partial charge in [0.1, 0.15) is 9.96 Å². The standard InChI is InChI=1S/C15H15N3O3S2/c1-10-3-4-14(21-2)13(7-10)18-23(19,20)15-8-11(9-22-15)12-5-6-16-17-12/h3-9,18H,1-2H3,(H,16,17). The van der Waals surface area contributed by atoms with Crippen LogP contribution in [0.5, 0.6) is 5.75 Å². The molecule has 0 spiro atoms. The molecule has 0 saturated heterocycles. The van der Waals surface area contributed by atoms with Gasteiger partial charge in [0.05, 0.1) is 18.5 Å². The Morgan fingerprint density at radius 3 is 2.78 bits per heavy atom. The Balaban J connectivity index is 1.92. The fourth-order valence-electron chi connectivity index (χ4n) is 2.11. The van der Waals surface area contributed by atoms with E-state index in [2.05, 4.69) is 14.9 Å². The highest BCUT2D eigenvalue weighted by Gasteiger charge is 2.19. The van der Waals surface area contributed by atoms with E-state index in [0.29, 0.717) is 11.4 Å². The zero-order chi connectivity index (χ0) is 16.4. The maximum atomic E-state index is 12.6. The number of hydrogen-bond acceptors (Lipinski definition) is 5. The van der Waals surface area contributed by atoms with Crippen molar-refractivity contribution in [2.75, 3.05) is 11.8 Å². The largest absolute Gasteiger partial charge is 0.495 e. The lowest BCUT2D eigenvalue weighted by Gasteiger charge is -2.11. The second-order valence-corrected chi connectivity index (χ2v) is 7.75. The normalized spacial score (nSPS) is 11.4. The summed E-state index contributed by atoms with van der Waals surface area (Å²) in [6.07, 6.45) is 1.62. The Morgan fingerprint density at radius 1 is 1.26 bits per heavy atom. The van der Waals surface area contributed by atoms with E-state index in [0.717, 1.165) is 28.2 Å². The number of anilines is 1. The minimum absolute atomic E-state index is 0.227. The van der Waals surface area contributed by atoms with Crippen LogP contribution in [-0.2, 0) is 10.0 Å². The molecule has 1 aromatic carbocycles. The van der Waals surface area contributed by atoms with Crippen LogP contribution in [0.25, 0.3) is 11.3 Å². The highest BCUT2D eigenvalue weighted by atomic mass is 32.2. The smallest absolute Gasteiger partial charge is 0.271 e. The van der Waals surface area contributed by atoms with Crippen LogP contribution in [0.1, 0.15) is 5.56 Å². The maximum Gasteiger partial charge on any atom is 0.271 e. The zero-order valence-electron chi connectivity index (χ0n) is 12.5. The van der Waals surface area contributed by atoms with Gasteiger partial charge in [-0.3, -0.25) is 9.82 Å². The number of H-pyrrole nitrogens is 1. The van der Waals surface area contributed by atoms with Crippen molar-refractivity contribution in [2.24, 2.45) is 0 Å². The predicted molar refractivity (Wildman–Crippen MR) is 90.4 cm³/mol. The Kier molecular flexibility index (Phi) is 4.10. The molecular formula is C15H15N3O3S2. The van der Waals surface area contributed by atoms with E-state index in [1.807, 2.05) is 13.0 Å². The Morgan fingerprint density at radius 2 is 2.09 bits per heavy atom. The molecule has 0 aliphatic heterocycles. The number of hydrogen-bond donors (Lipinski definition) is 2.